The number of benzene rings is 1. The minimum Gasteiger partial charge on any atom is -0.478 e. The van der Waals surface area contributed by atoms with E-state index in [1.807, 2.05) is 29.3 Å². The van der Waals surface area contributed by atoms with E-state index in [1.54, 1.807) is 18.3 Å². The number of carboxylic acids is 1. The Balaban J connectivity index is 2.18. The third kappa shape index (κ3) is 1.45. The van der Waals surface area contributed by atoms with Crippen LogP contribution in [0.2, 0.25) is 0 Å². The number of carbonyl (C=O) groups is 1. The molecule has 4 heteroatoms. The Morgan fingerprint density at radius 3 is 3.06 bits per heavy atom. The van der Waals surface area contributed by atoms with Gasteiger partial charge in [-0.25, -0.2) is 9.79 Å². The number of hydrogen-bond donors (Lipinski definition) is 1. The van der Waals surface area contributed by atoms with E-state index >= 15 is 0 Å². The second kappa shape index (κ2) is 3.59. The Bertz CT molecular complexity index is 585. The first kappa shape index (κ1) is 9.84. The van der Waals surface area contributed by atoms with Gasteiger partial charge in [-0.2, -0.15) is 0 Å². The molecule has 1 N–H and O–H groups in total. The van der Waals surface area contributed by atoms with Crippen LogP contribution in [0.5, 0.6) is 0 Å². The zero-order valence-electron chi connectivity index (χ0n) is 9.00. The number of aromatic carboxylic acids is 1. The van der Waals surface area contributed by atoms with Gasteiger partial charge in [0.2, 0.25) is 0 Å². The second-order valence-corrected chi connectivity index (χ2v) is 3.88. The standard InChI is InChI=1S/C13H10N2O2/c16-13(17)9-4-3-5-11-10(9)8-12-14-6-1-2-7-15(11)12/h1-7H,8H2,(H,16,17). The molecule has 0 aromatic heterocycles. The van der Waals surface area contributed by atoms with Crippen molar-refractivity contribution in [1.29, 1.82) is 0 Å². The van der Waals surface area contributed by atoms with Crippen LogP contribution in [-0.4, -0.2) is 16.9 Å². The molecule has 0 fully saturated rings. The minimum atomic E-state index is -0.889. The number of aliphatic imine (C=N–C) groups is 1. The largest absolute Gasteiger partial charge is 0.478 e. The summed E-state index contributed by atoms with van der Waals surface area (Å²) in [7, 11) is 0. The Kier molecular flexibility index (Phi) is 2.08. The van der Waals surface area contributed by atoms with Crippen molar-refractivity contribution in [2.45, 2.75) is 6.42 Å². The highest BCUT2D eigenvalue weighted by molar-refractivity contribution is 6.09. The van der Waals surface area contributed by atoms with Crippen molar-refractivity contribution >= 4 is 17.5 Å². The molecule has 0 bridgehead atoms. The van der Waals surface area contributed by atoms with Crippen LogP contribution in [0.25, 0.3) is 0 Å². The van der Waals surface area contributed by atoms with E-state index in [9.17, 15) is 4.79 Å². The van der Waals surface area contributed by atoms with E-state index in [0.29, 0.717) is 12.0 Å². The first-order valence-electron chi connectivity index (χ1n) is 5.32. The maximum Gasteiger partial charge on any atom is 0.336 e. The molecule has 0 unspecified atom stereocenters. The molecule has 4 nitrogen and oxygen atoms in total. The first-order valence-corrected chi connectivity index (χ1v) is 5.32. The number of fused-ring (bicyclic) bond motifs is 3. The summed E-state index contributed by atoms with van der Waals surface area (Å²) in [6, 6.07) is 5.31. The molecule has 0 saturated heterocycles. The highest BCUT2D eigenvalue weighted by Crippen LogP contribution is 2.33. The monoisotopic (exact) mass is 226 g/mol. The highest BCUT2D eigenvalue weighted by atomic mass is 16.4. The Labute approximate surface area is 98.2 Å². The van der Waals surface area contributed by atoms with E-state index in [0.717, 1.165) is 17.1 Å². The smallest absolute Gasteiger partial charge is 0.336 e. The molecule has 0 atom stereocenters. The van der Waals surface area contributed by atoms with Gasteiger partial charge in [0.05, 0.1) is 11.3 Å². The second-order valence-electron chi connectivity index (χ2n) is 3.88. The van der Waals surface area contributed by atoms with Gasteiger partial charge < -0.3 is 10.0 Å². The number of allylic oxidation sites excluding steroid dienone is 2. The normalized spacial score (nSPS) is 16.2. The van der Waals surface area contributed by atoms with Gasteiger partial charge in [-0.15, -0.1) is 0 Å². The van der Waals surface area contributed by atoms with Crippen molar-refractivity contribution in [3.8, 4) is 0 Å². The predicted molar refractivity (Wildman–Crippen MR) is 65.3 cm³/mol. The predicted octanol–water partition coefficient (Wildman–Crippen LogP) is 2.19. The minimum absolute atomic E-state index is 0.357. The van der Waals surface area contributed by atoms with Crippen molar-refractivity contribution in [2.24, 2.45) is 4.99 Å². The SMILES string of the molecule is O=C(O)c1cccc2c1CC1=NC=CC=CN12. The van der Waals surface area contributed by atoms with E-state index in [-0.39, 0.29) is 0 Å². The van der Waals surface area contributed by atoms with Crippen LogP contribution in [0.3, 0.4) is 0 Å². The highest BCUT2D eigenvalue weighted by Gasteiger charge is 2.28. The van der Waals surface area contributed by atoms with Crippen molar-refractivity contribution in [2.75, 3.05) is 4.90 Å². The number of amidine groups is 1. The lowest BCUT2D eigenvalue weighted by molar-refractivity contribution is 0.0696. The molecule has 0 saturated carbocycles. The van der Waals surface area contributed by atoms with Gasteiger partial charge >= 0.3 is 5.97 Å². The average molecular weight is 226 g/mol. The molecule has 3 rings (SSSR count). The van der Waals surface area contributed by atoms with Crippen LogP contribution in [-0.2, 0) is 6.42 Å². The first-order chi connectivity index (χ1) is 8.27. The Hall–Kier alpha value is -2.36. The number of carboxylic acid groups (broad SMARTS) is 1. The van der Waals surface area contributed by atoms with Crippen LogP contribution < -0.4 is 4.90 Å². The summed E-state index contributed by atoms with van der Waals surface area (Å²) in [5.74, 6) is -0.0293. The Morgan fingerprint density at radius 2 is 2.24 bits per heavy atom. The molecule has 17 heavy (non-hydrogen) atoms. The fourth-order valence-electron chi connectivity index (χ4n) is 2.16. The van der Waals surface area contributed by atoms with Crippen LogP contribution in [0.4, 0.5) is 5.69 Å². The van der Waals surface area contributed by atoms with Crippen molar-refractivity contribution in [1.82, 2.24) is 0 Å². The van der Waals surface area contributed by atoms with Crippen molar-refractivity contribution in [3.05, 3.63) is 53.9 Å². The third-order valence-corrected chi connectivity index (χ3v) is 2.91. The molecule has 2 aliphatic heterocycles. The number of nitrogens with zero attached hydrogens (tertiary/aromatic N) is 2. The maximum absolute atomic E-state index is 11.1. The Morgan fingerprint density at radius 1 is 1.35 bits per heavy atom. The average Bonchev–Trinajstić information content (AvgIpc) is 2.52. The van der Waals surface area contributed by atoms with E-state index < -0.39 is 5.97 Å². The molecule has 2 aliphatic rings. The molecule has 1 aromatic carbocycles. The van der Waals surface area contributed by atoms with Gasteiger partial charge in [-0.3, -0.25) is 0 Å². The zero-order chi connectivity index (χ0) is 11.8. The van der Waals surface area contributed by atoms with Gasteiger partial charge in [-0.1, -0.05) is 6.07 Å². The summed E-state index contributed by atoms with van der Waals surface area (Å²) in [6.07, 6.45) is 7.93. The summed E-state index contributed by atoms with van der Waals surface area (Å²) in [6.45, 7) is 0. The topological polar surface area (TPSA) is 52.9 Å². The van der Waals surface area contributed by atoms with Crippen LogP contribution in [0.15, 0.2) is 47.7 Å². The molecule has 0 amide bonds. The number of hydrogen-bond acceptors (Lipinski definition) is 3. The maximum atomic E-state index is 11.1. The summed E-state index contributed by atoms with van der Waals surface area (Å²) >= 11 is 0. The van der Waals surface area contributed by atoms with E-state index in [4.69, 9.17) is 5.11 Å². The van der Waals surface area contributed by atoms with Gasteiger partial charge in [0.1, 0.15) is 5.84 Å². The number of rotatable bonds is 1. The van der Waals surface area contributed by atoms with Gasteiger partial charge in [0, 0.05) is 18.8 Å². The summed E-state index contributed by atoms with van der Waals surface area (Å²) in [5.41, 5.74) is 2.10. The quantitative estimate of drug-likeness (QED) is 0.798. The van der Waals surface area contributed by atoms with Crippen LogP contribution in [0, 0.1) is 0 Å². The summed E-state index contributed by atoms with van der Waals surface area (Å²) in [4.78, 5) is 17.4. The molecule has 0 spiro atoms. The molecule has 2 heterocycles. The van der Waals surface area contributed by atoms with Crippen molar-refractivity contribution < 1.29 is 9.90 Å². The number of anilines is 1. The molecular formula is C13H10N2O2. The third-order valence-electron chi connectivity index (χ3n) is 2.91. The van der Waals surface area contributed by atoms with Crippen molar-refractivity contribution in [3.63, 3.8) is 0 Å². The lowest BCUT2D eigenvalue weighted by Crippen LogP contribution is -2.19. The van der Waals surface area contributed by atoms with E-state index in [1.165, 1.54) is 0 Å². The lowest BCUT2D eigenvalue weighted by atomic mass is 10.1. The molecule has 1 aromatic rings. The van der Waals surface area contributed by atoms with Crippen LogP contribution >= 0.6 is 0 Å². The van der Waals surface area contributed by atoms with Crippen LogP contribution in [0.1, 0.15) is 15.9 Å². The lowest BCUT2D eigenvalue weighted by Gasteiger charge is -2.13. The van der Waals surface area contributed by atoms with Gasteiger partial charge in [0.25, 0.3) is 0 Å². The van der Waals surface area contributed by atoms with Gasteiger partial charge in [-0.05, 0) is 29.8 Å². The molecular weight excluding hydrogens is 216 g/mol. The fourth-order valence-corrected chi connectivity index (χ4v) is 2.16. The zero-order valence-corrected chi connectivity index (χ0v) is 9.00. The fraction of sp³-hybridized carbons (Fsp3) is 0.0769. The molecule has 0 radical (unpaired) electrons. The van der Waals surface area contributed by atoms with Gasteiger partial charge in [0.15, 0.2) is 0 Å². The molecule has 0 aliphatic carbocycles. The molecule has 84 valence electrons. The summed E-state index contributed by atoms with van der Waals surface area (Å²) < 4.78 is 0. The summed E-state index contributed by atoms with van der Waals surface area (Å²) in [5, 5.41) is 9.15. The van der Waals surface area contributed by atoms with E-state index in [2.05, 4.69) is 4.99 Å².